The highest BCUT2D eigenvalue weighted by Crippen LogP contribution is 2.47. The van der Waals surface area contributed by atoms with Crippen LogP contribution in [0.5, 0.6) is 0 Å². The van der Waals surface area contributed by atoms with E-state index in [4.69, 9.17) is 4.74 Å². The lowest BCUT2D eigenvalue weighted by molar-refractivity contribution is -0.129. The van der Waals surface area contributed by atoms with Crippen molar-refractivity contribution >= 4 is 5.91 Å². The number of hydrogen-bond acceptors (Lipinski definition) is 4. The Morgan fingerprint density at radius 1 is 1.41 bits per heavy atom. The van der Waals surface area contributed by atoms with Gasteiger partial charge >= 0.3 is 0 Å². The van der Waals surface area contributed by atoms with Gasteiger partial charge in [-0.15, -0.1) is 0 Å². The molecule has 2 N–H and O–H groups in total. The number of carbonyl (C=O) groups excluding carboxylic acids is 1. The van der Waals surface area contributed by atoms with Crippen LogP contribution < -0.4 is 0 Å². The van der Waals surface area contributed by atoms with E-state index in [0.29, 0.717) is 37.4 Å². The molecule has 1 fully saturated rings. The van der Waals surface area contributed by atoms with Crippen LogP contribution in [0.2, 0.25) is 0 Å². The van der Waals surface area contributed by atoms with Gasteiger partial charge in [-0.2, -0.15) is 0 Å². The molecule has 6 atom stereocenters. The summed E-state index contributed by atoms with van der Waals surface area (Å²) in [5.74, 6) is 1.49. The van der Waals surface area contributed by atoms with Crippen molar-refractivity contribution in [2.24, 2.45) is 23.7 Å². The fourth-order valence-electron chi connectivity index (χ4n) is 4.72. The van der Waals surface area contributed by atoms with E-state index in [9.17, 15) is 15.0 Å². The molecule has 5 heteroatoms. The Labute approximate surface area is 176 Å². The topological polar surface area (TPSA) is 70.0 Å². The van der Waals surface area contributed by atoms with Gasteiger partial charge in [-0.3, -0.25) is 4.79 Å². The zero-order valence-electron chi connectivity index (χ0n) is 18.7. The highest BCUT2D eigenvalue weighted by Gasteiger charge is 2.43. The molecule has 2 aliphatic carbocycles. The molecule has 0 aromatic carbocycles. The number of unbranched alkanes of at least 4 members (excludes halogenated alkanes) is 1. The van der Waals surface area contributed by atoms with Crippen molar-refractivity contribution in [3.05, 3.63) is 23.8 Å². The summed E-state index contributed by atoms with van der Waals surface area (Å²) in [5.41, 5.74) is 1.27. The molecule has 0 radical (unpaired) electrons. The van der Waals surface area contributed by atoms with E-state index < -0.39 is 6.10 Å². The number of carbonyl (C=O) groups is 1. The molecule has 1 amide bonds. The summed E-state index contributed by atoms with van der Waals surface area (Å²) in [6, 6.07) is 0. The van der Waals surface area contributed by atoms with E-state index in [2.05, 4.69) is 26.0 Å². The second-order valence-electron chi connectivity index (χ2n) is 9.26. The number of aliphatic hydroxyl groups is 2. The molecule has 29 heavy (non-hydrogen) atoms. The molecule has 166 valence electrons. The van der Waals surface area contributed by atoms with E-state index in [1.807, 2.05) is 6.08 Å². The van der Waals surface area contributed by atoms with Gasteiger partial charge < -0.3 is 19.8 Å². The average molecular weight is 408 g/mol. The van der Waals surface area contributed by atoms with Crippen LogP contribution in [0.4, 0.5) is 0 Å². The maximum Gasteiger partial charge on any atom is 0.224 e. The van der Waals surface area contributed by atoms with Crippen molar-refractivity contribution in [3.8, 4) is 0 Å². The van der Waals surface area contributed by atoms with E-state index >= 15 is 0 Å². The number of amides is 1. The monoisotopic (exact) mass is 407 g/mol. The summed E-state index contributed by atoms with van der Waals surface area (Å²) in [5, 5.41) is 20.8. The van der Waals surface area contributed by atoms with E-state index in [-0.39, 0.29) is 17.9 Å². The number of allylic oxidation sites excluding steroid dienone is 1. The van der Waals surface area contributed by atoms with Crippen LogP contribution in [0.3, 0.4) is 0 Å². The molecule has 0 aromatic rings. The quantitative estimate of drug-likeness (QED) is 0.383. The van der Waals surface area contributed by atoms with Crippen LogP contribution >= 0.6 is 0 Å². The third-order valence-corrected chi connectivity index (χ3v) is 6.45. The molecule has 5 nitrogen and oxygen atoms in total. The van der Waals surface area contributed by atoms with Gasteiger partial charge in [0.2, 0.25) is 5.91 Å². The Bertz CT molecular complexity index is 571. The maximum atomic E-state index is 11.6. The minimum Gasteiger partial charge on any atom is -0.392 e. The minimum atomic E-state index is -0.431. The van der Waals surface area contributed by atoms with E-state index in [1.54, 1.807) is 19.0 Å². The molecule has 2 rings (SSSR count). The van der Waals surface area contributed by atoms with Crippen molar-refractivity contribution in [2.75, 3.05) is 27.3 Å². The van der Waals surface area contributed by atoms with Crippen molar-refractivity contribution in [1.29, 1.82) is 0 Å². The summed E-state index contributed by atoms with van der Waals surface area (Å²) < 4.78 is 5.70. The highest BCUT2D eigenvalue weighted by molar-refractivity contribution is 5.75. The molecule has 0 saturated heterocycles. The fraction of sp³-hybridized carbons (Fsp3) is 0.792. The van der Waals surface area contributed by atoms with Gasteiger partial charge in [-0.05, 0) is 42.6 Å². The van der Waals surface area contributed by atoms with Crippen molar-refractivity contribution in [1.82, 2.24) is 4.90 Å². The number of fused-ring (bicyclic) bond motifs is 1. The summed E-state index contributed by atoms with van der Waals surface area (Å²) in [6.45, 7) is 5.40. The molecule has 0 aromatic heterocycles. The van der Waals surface area contributed by atoms with Gasteiger partial charge in [0.25, 0.3) is 0 Å². The van der Waals surface area contributed by atoms with E-state index in [0.717, 1.165) is 25.7 Å². The second kappa shape index (κ2) is 11.9. The standard InChI is InChI=1S/C24H41NO4/c1-5-6-7-17(2)12-20(26)8-9-21-22-14-18(13-19(22)15-23(21)27)16-29-11-10-24(28)25(3)4/h8-9,13,17,19-23,26-27H,5-7,10-12,14-16H2,1-4H3/b9-8+/t17-,19-,20+,21+,22-,23+/m0/s1. The molecule has 0 heterocycles. The molecule has 0 spiro atoms. The predicted octanol–water partition coefficient (Wildman–Crippen LogP) is 3.56. The Balaban J connectivity index is 1.77. The zero-order valence-corrected chi connectivity index (χ0v) is 18.7. The lowest BCUT2D eigenvalue weighted by Crippen LogP contribution is -2.23. The Kier molecular flexibility index (Phi) is 9.87. The van der Waals surface area contributed by atoms with E-state index in [1.165, 1.54) is 18.4 Å². The second-order valence-corrected chi connectivity index (χ2v) is 9.26. The van der Waals surface area contributed by atoms with Crippen molar-refractivity contribution in [2.45, 2.75) is 71.0 Å². The Morgan fingerprint density at radius 2 is 2.17 bits per heavy atom. The van der Waals surface area contributed by atoms with Gasteiger partial charge in [0.15, 0.2) is 0 Å². The summed E-state index contributed by atoms with van der Waals surface area (Å²) in [4.78, 5) is 13.2. The average Bonchev–Trinajstić information content (AvgIpc) is 3.17. The summed E-state index contributed by atoms with van der Waals surface area (Å²) in [7, 11) is 3.51. The highest BCUT2D eigenvalue weighted by atomic mass is 16.5. The number of rotatable bonds is 12. The Morgan fingerprint density at radius 3 is 2.86 bits per heavy atom. The number of aliphatic hydroxyl groups excluding tert-OH is 2. The largest absolute Gasteiger partial charge is 0.392 e. The normalized spacial score (nSPS) is 28.4. The third kappa shape index (κ3) is 7.54. The number of ether oxygens (including phenoxy) is 1. The van der Waals surface area contributed by atoms with Crippen LogP contribution in [0, 0.1) is 23.7 Å². The molecule has 0 unspecified atom stereocenters. The van der Waals surface area contributed by atoms with Gasteiger partial charge in [-0.1, -0.05) is 51.3 Å². The first-order valence-electron chi connectivity index (χ1n) is 11.3. The van der Waals surface area contributed by atoms with Crippen LogP contribution in [0.25, 0.3) is 0 Å². The van der Waals surface area contributed by atoms with Crippen LogP contribution in [0.1, 0.15) is 58.8 Å². The summed E-state index contributed by atoms with van der Waals surface area (Å²) in [6.07, 6.45) is 11.9. The van der Waals surface area contributed by atoms with Crippen LogP contribution in [-0.4, -0.2) is 60.5 Å². The van der Waals surface area contributed by atoms with Crippen LogP contribution in [-0.2, 0) is 9.53 Å². The minimum absolute atomic E-state index is 0.0816. The molecular weight excluding hydrogens is 366 g/mol. The fourth-order valence-corrected chi connectivity index (χ4v) is 4.72. The lowest BCUT2D eigenvalue weighted by atomic mass is 9.88. The van der Waals surface area contributed by atoms with Gasteiger partial charge in [0.05, 0.1) is 31.8 Å². The first-order chi connectivity index (χ1) is 13.8. The van der Waals surface area contributed by atoms with Crippen molar-refractivity contribution < 1.29 is 19.7 Å². The molecule has 0 aliphatic heterocycles. The maximum absolute atomic E-state index is 11.6. The SMILES string of the molecule is CCCC[C@H](C)C[C@H](O)/C=C/[C@@H]1[C@H]2CC(COCCC(=O)N(C)C)=C[C@H]2C[C@H]1O. The Hall–Kier alpha value is -1.17. The van der Waals surface area contributed by atoms with Gasteiger partial charge in [0.1, 0.15) is 0 Å². The molecule has 0 bridgehead atoms. The first kappa shape index (κ1) is 24.1. The molecule has 1 saturated carbocycles. The van der Waals surface area contributed by atoms with Crippen LogP contribution in [0.15, 0.2) is 23.8 Å². The number of hydrogen-bond donors (Lipinski definition) is 2. The van der Waals surface area contributed by atoms with Crippen molar-refractivity contribution in [3.63, 3.8) is 0 Å². The zero-order chi connectivity index (χ0) is 21.4. The lowest BCUT2D eigenvalue weighted by Gasteiger charge is -2.19. The van der Waals surface area contributed by atoms with Gasteiger partial charge in [-0.25, -0.2) is 0 Å². The molecular formula is C24H41NO4. The summed E-state index contributed by atoms with van der Waals surface area (Å²) >= 11 is 0. The smallest absolute Gasteiger partial charge is 0.224 e. The first-order valence-corrected chi connectivity index (χ1v) is 11.3. The third-order valence-electron chi connectivity index (χ3n) is 6.45. The predicted molar refractivity (Wildman–Crippen MR) is 116 cm³/mol. The van der Waals surface area contributed by atoms with Gasteiger partial charge in [0, 0.05) is 20.0 Å². The molecule has 2 aliphatic rings. The number of nitrogens with zero attached hydrogens (tertiary/aromatic N) is 1.